The van der Waals surface area contributed by atoms with Gasteiger partial charge in [0.15, 0.2) is 0 Å². The van der Waals surface area contributed by atoms with Crippen molar-refractivity contribution in [2.45, 2.75) is 17.9 Å². The van der Waals surface area contributed by atoms with Crippen molar-refractivity contribution in [1.82, 2.24) is 5.32 Å². The van der Waals surface area contributed by atoms with Crippen LogP contribution >= 0.6 is 0 Å². The number of carbonyl (C=O) groups excluding carboxylic acids is 1. The van der Waals surface area contributed by atoms with Crippen LogP contribution in [0, 0.1) is 0 Å². The van der Waals surface area contributed by atoms with Crippen LogP contribution in [-0.4, -0.2) is 53.1 Å². The van der Waals surface area contributed by atoms with Crippen molar-refractivity contribution in [3.8, 4) is 0 Å². The molecule has 0 fully saturated rings. The Hall–Kier alpha value is -1.63. The molecule has 0 spiro atoms. The highest BCUT2D eigenvalue weighted by molar-refractivity contribution is 5.79. The van der Waals surface area contributed by atoms with Gasteiger partial charge in [-0.1, -0.05) is 18.2 Å². The van der Waals surface area contributed by atoms with E-state index in [1.807, 2.05) is 24.3 Å². The Balaban J connectivity index is 1.99. The van der Waals surface area contributed by atoms with Crippen molar-refractivity contribution < 1.29 is 20.1 Å². The van der Waals surface area contributed by atoms with Gasteiger partial charge in [-0.15, -0.1) is 0 Å². The van der Waals surface area contributed by atoms with E-state index >= 15 is 0 Å². The Morgan fingerprint density at radius 3 is 2.55 bits per heavy atom. The normalized spacial score (nSPS) is 17.4. The number of anilines is 1. The van der Waals surface area contributed by atoms with E-state index in [2.05, 4.69) is 10.6 Å². The lowest BCUT2D eigenvalue weighted by Gasteiger charge is -2.29. The van der Waals surface area contributed by atoms with Crippen LogP contribution in [0.2, 0.25) is 0 Å². The zero-order valence-electron chi connectivity index (χ0n) is 11.2. The number of hydrogen-bond donors (Lipinski definition) is 5. The second-order valence-corrected chi connectivity index (χ2v) is 5.17. The van der Waals surface area contributed by atoms with Gasteiger partial charge in [0.25, 0.3) is 0 Å². The molecule has 0 bridgehead atoms. The molecule has 1 amide bonds. The minimum absolute atomic E-state index is 0.0555. The van der Waals surface area contributed by atoms with Gasteiger partial charge in [0.2, 0.25) is 5.91 Å². The van der Waals surface area contributed by atoms with Gasteiger partial charge < -0.3 is 26.0 Å². The third-order valence-corrected chi connectivity index (χ3v) is 3.68. The number of para-hydroxylation sites is 1. The first-order valence-electron chi connectivity index (χ1n) is 6.60. The van der Waals surface area contributed by atoms with Gasteiger partial charge in [0, 0.05) is 24.6 Å². The SMILES string of the molecule is O=C(CC1CNc2ccccc21)NC(CO)(CO)CO. The van der Waals surface area contributed by atoms with Gasteiger partial charge in [0.05, 0.1) is 19.8 Å². The average Bonchev–Trinajstić information content (AvgIpc) is 2.88. The standard InChI is InChI=1S/C14H20N2O4/c17-7-14(8-18,9-19)16-13(20)5-10-6-15-12-4-2-1-3-11(10)12/h1-4,10,15,17-19H,5-9H2,(H,16,20). The number of aliphatic hydroxyl groups is 3. The minimum Gasteiger partial charge on any atom is -0.394 e. The third kappa shape index (κ3) is 2.92. The second-order valence-electron chi connectivity index (χ2n) is 5.17. The summed E-state index contributed by atoms with van der Waals surface area (Å²) in [4.78, 5) is 12.0. The van der Waals surface area contributed by atoms with Crippen LogP contribution < -0.4 is 10.6 Å². The molecule has 1 aromatic carbocycles. The molecular weight excluding hydrogens is 260 g/mol. The maximum absolute atomic E-state index is 12.0. The van der Waals surface area contributed by atoms with Crippen molar-refractivity contribution in [1.29, 1.82) is 0 Å². The number of fused-ring (bicyclic) bond motifs is 1. The molecule has 1 heterocycles. The van der Waals surface area contributed by atoms with Crippen LogP contribution in [-0.2, 0) is 4.79 Å². The summed E-state index contributed by atoms with van der Waals surface area (Å²) in [6.45, 7) is -0.848. The average molecular weight is 280 g/mol. The molecule has 6 heteroatoms. The fraction of sp³-hybridized carbons (Fsp3) is 0.500. The summed E-state index contributed by atoms with van der Waals surface area (Å²) in [6.07, 6.45) is 0.242. The Morgan fingerprint density at radius 1 is 1.25 bits per heavy atom. The third-order valence-electron chi connectivity index (χ3n) is 3.68. The predicted octanol–water partition coefficient (Wildman–Crippen LogP) is -0.582. The highest BCUT2D eigenvalue weighted by Crippen LogP contribution is 2.33. The summed E-state index contributed by atoms with van der Waals surface area (Å²) in [6, 6.07) is 7.80. The van der Waals surface area contributed by atoms with Gasteiger partial charge in [0.1, 0.15) is 5.54 Å². The Bertz CT molecular complexity index is 466. The number of aliphatic hydroxyl groups excluding tert-OH is 3. The van der Waals surface area contributed by atoms with Crippen LogP contribution in [0.25, 0.3) is 0 Å². The summed E-state index contributed by atoms with van der Waals surface area (Å²) < 4.78 is 0. The van der Waals surface area contributed by atoms with Crippen LogP contribution in [0.5, 0.6) is 0 Å². The summed E-state index contributed by atoms with van der Waals surface area (Å²) in [5, 5.41) is 33.3. The first-order chi connectivity index (χ1) is 9.64. The highest BCUT2D eigenvalue weighted by atomic mass is 16.3. The summed E-state index contributed by atoms with van der Waals surface area (Å²) in [5.41, 5.74) is 0.760. The van der Waals surface area contributed by atoms with E-state index in [4.69, 9.17) is 0 Å². The van der Waals surface area contributed by atoms with E-state index in [0.717, 1.165) is 11.3 Å². The maximum Gasteiger partial charge on any atom is 0.221 e. The number of nitrogens with one attached hydrogen (secondary N) is 2. The lowest BCUT2D eigenvalue weighted by Crippen LogP contribution is -2.57. The molecule has 0 saturated heterocycles. The molecule has 6 nitrogen and oxygen atoms in total. The zero-order chi connectivity index (χ0) is 14.6. The second kappa shape index (κ2) is 6.21. The lowest BCUT2D eigenvalue weighted by molar-refractivity contribution is -0.125. The van der Waals surface area contributed by atoms with Gasteiger partial charge in [-0.3, -0.25) is 4.79 Å². The van der Waals surface area contributed by atoms with E-state index in [0.29, 0.717) is 6.54 Å². The molecule has 1 aliphatic rings. The number of carbonyl (C=O) groups is 1. The number of hydrogen-bond acceptors (Lipinski definition) is 5. The predicted molar refractivity (Wildman–Crippen MR) is 74.4 cm³/mol. The van der Waals surface area contributed by atoms with Crippen molar-refractivity contribution in [3.05, 3.63) is 29.8 Å². The van der Waals surface area contributed by atoms with Crippen LogP contribution in [0.1, 0.15) is 17.9 Å². The molecule has 1 aliphatic heterocycles. The first kappa shape index (κ1) is 14.8. The molecule has 1 atom stereocenters. The molecule has 0 saturated carbocycles. The van der Waals surface area contributed by atoms with Crippen LogP contribution in [0.3, 0.4) is 0 Å². The fourth-order valence-corrected chi connectivity index (χ4v) is 2.38. The van der Waals surface area contributed by atoms with Crippen molar-refractivity contribution in [2.75, 3.05) is 31.7 Å². The molecule has 2 rings (SSSR count). The molecule has 5 N–H and O–H groups in total. The minimum atomic E-state index is -1.36. The van der Waals surface area contributed by atoms with Crippen LogP contribution in [0.15, 0.2) is 24.3 Å². The van der Waals surface area contributed by atoms with Gasteiger partial charge in [-0.05, 0) is 11.6 Å². The van der Waals surface area contributed by atoms with Crippen molar-refractivity contribution >= 4 is 11.6 Å². The fourth-order valence-electron chi connectivity index (χ4n) is 2.38. The molecule has 0 aromatic heterocycles. The molecule has 0 aliphatic carbocycles. The Morgan fingerprint density at radius 2 is 1.90 bits per heavy atom. The summed E-state index contributed by atoms with van der Waals surface area (Å²) in [5.74, 6) is -0.245. The largest absolute Gasteiger partial charge is 0.394 e. The first-order valence-corrected chi connectivity index (χ1v) is 6.60. The van der Waals surface area contributed by atoms with Gasteiger partial charge in [-0.25, -0.2) is 0 Å². The van der Waals surface area contributed by atoms with E-state index in [9.17, 15) is 20.1 Å². The number of benzene rings is 1. The Labute approximate surface area is 117 Å². The molecule has 110 valence electrons. The molecular formula is C14H20N2O4. The molecule has 20 heavy (non-hydrogen) atoms. The Kier molecular flexibility index (Phi) is 4.59. The molecule has 1 unspecified atom stereocenters. The van der Waals surface area contributed by atoms with Crippen molar-refractivity contribution in [3.63, 3.8) is 0 Å². The monoisotopic (exact) mass is 280 g/mol. The summed E-state index contributed by atoms with van der Waals surface area (Å²) in [7, 11) is 0. The highest BCUT2D eigenvalue weighted by Gasteiger charge is 2.32. The van der Waals surface area contributed by atoms with E-state index in [-0.39, 0.29) is 18.2 Å². The van der Waals surface area contributed by atoms with Gasteiger partial charge in [-0.2, -0.15) is 0 Å². The topological polar surface area (TPSA) is 102 Å². The van der Waals surface area contributed by atoms with E-state index in [1.165, 1.54) is 0 Å². The van der Waals surface area contributed by atoms with E-state index < -0.39 is 25.4 Å². The van der Waals surface area contributed by atoms with Crippen LogP contribution in [0.4, 0.5) is 5.69 Å². The molecule has 1 aromatic rings. The summed E-state index contributed by atoms with van der Waals surface area (Å²) >= 11 is 0. The number of rotatable bonds is 6. The van der Waals surface area contributed by atoms with Crippen molar-refractivity contribution in [2.24, 2.45) is 0 Å². The smallest absolute Gasteiger partial charge is 0.221 e. The van der Waals surface area contributed by atoms with E-state index in [1.54, 1.807) is 0 Å². The zero-order valence-corrected chi connectivity index (χ0v) is 11.2. The lowest BCUT2D eigenvalue weighted by atomic mass is 9.96. The van der Waals surface area contributed by atoms with Gasteiger partial charge >= 0.3 is 0 Å². The number of amides is 1. The quantitative estimate of drug-likeness (QED) is 0.480. The maximum atomic E-state index is 12.0. The molecule has 0 radical (unpaired) electrons.